The van der Waals surface area contributed by atoms with E-state index in [4.69, 9.17) is 13.8 Å². The van der Waals surface area contributed by atoms with Crippen molar-refractivity contribution in [3.63, 3.8) is 0 Å². The summed E-state index contributed by atoms with van der Waals surface area (Å²) >= 11 is 0. The zero-order valence-electron chi connectivity index (χ0n) is 13.5. The third kappa shape index (κ3) is 5.52. The van der Waals surface area contributed by atoms with Crippen LogP contribution < -0.4 is 5.32 Å². The molecule has 0 unspecified atom stereocenters. The summed E-state index contributed by atoms with van der Waals surface area (Å²) in [5.74, 6) is -0.674. The van der Waals surface area contributed by atoms with Crippen LogP contribution in [-0.4, -0.2) is 39.1 Å². The van der Waals surface area contributed by atoms with Crippen LogP contribution in [0.3, 0.4) is 0 Å². The maximum absolute atomic E-state index is 12.6. The van der Waals surface area contributed by atoms with Crippen LogP contribution in [-0.2, 0) is 23.1 Å². The Balaban J connectivity index is 5.19. The Hall–Kier alpha value is -0.420. The van der Waals surface area contributed by atoms with E-state index >= 15 is 0 Å². The van der Waals surface area contributed by atoms with Gasteiger partial charge >= 0.3 is 13.6 Å². The first-order valence-electron chi connectivity index (χ1n) is 6.76. The van der Waals surface area contributed by atoms with Gasteiger partial charge in [0.1, 0.15) is 11.8 Å². The molecule has 0 aliphatic rings. The standard InChI is InChI=1S/C13H28NO5P/c1-9(2)8-11(13(15)17-5)14-12(10(3)4)20(16,18-6)19-7/h9-12,14H,8H2,1-7H3/t11-,12-/m0/s1. The Labute approximate surface area is 122 Å². The first kappa shape index (κ1) is 19.6. The minimum absolute atomic E-state index is 0.0277. The molecule has 0 saturated carbocycles. The first-order valence-corrected chi connectivity index (χ1v) is 8.38. The maximum atomic E-state index is 12.6. The van der Waals surface area contributed by atoms with Crippen molar-refractivity contribution in [1.82, 2.24) is 5.32 Å². The molecule has 0 aliphatic carbocycles. The van der Waals surface area contributed by atoms with Crippen LogP contribution in [0.1, 0.15) is 34.1 Å². The lowest BCUT2D eigenvalue weighted by atomic mass is 10.0. The lowest BCUT2D eigenvalue weighted by Crippen LogP contribution is -2.47. The van der Waals surface area contributed by atoms with E-state index < -0.39 is 19.4 Å². The van der Waals surface area contributed by atoms with Crippen molar-refractivity contribution >= 4 is 13.6 Å². The summed E-state index contributed by atoms with van der Waals surface area (Å²) < 4.78 is 27.5. The molecule has 0 radical (unpaired) electrons. The zero-order valence-corrected chi connectivity index (χ0v) is 14.4. The molecule has 0 amide bonds. The van der Waals surface area contributed by atoms with Crippen LogP contribution >= 0.6 is 7.60 Å². The van der Waals surface area contributed by atoms with Gasteiger partial charge < -0.3 is 13.8 Å². The zero-order chi connectivity index (χ0) is 15.9. The van der Waals surface area contributed by atoms with Gasteiger partial charge in [-0.15, -0.1) is 0 Å². The molecule has 0 spiro atoms. The lowest BCUT2D eigenvalue weighted by molar-refractivity contribution is -0.143. The number of methoxy groups -OCH3 is 1. The maximum Gasteiger partial charge on any atom is 0.347 e. The van der Waals surface area contributed by atoms with Gasteiger partial charge in [-0.3, -0.25) is 14.7 Å². The second-order valence-electron chi connectivity index (χ2n) is 5.47. The van der Waals surface area contributed by atoms with Gasteiger partial charge in [0.25, 0.3) is 0 Å². The summed E-state index contributed by atoms with van der Waals surface area (Å²) in [5.41, 5.74) is 0. The highest BCUT2D eigenvalue weighted by atomic mass is 31.2. The topological polar surface area (TPSA) is 73.9 Å². The normalized spacial score (nSPS) is 15.4. The molecule has 0 heterocycles. The molecule has 0 saturated heterocycles. The Morgan fingerprint density at radius 3 is 1.90 bits per heavy atom. The third-order valence-electron chi connectivity index (χ3n) is 3.05. The first-order chi connectivity index (χ1) is 9.21. The second-order valence-corrected chi connectivity index (χ2v) is 7.83. The number of ether oxygens (including phenoxy) is 1. The van der Waals surface area contributed by atoms with Gasteiger partial charge in [0.05, 0.1) is 7.11 Å². The Morgan fingerprint density at radius 1 is 1.10 bits per heavy atom. The van der Waals surface area contributed by atoms with Crippen molar-refractivity contribution in [1.29, 1.82) is 0 Å². The summed E-state index contributed by atoms with van der Waals surface area (Å²) in [6.07, 6.45) is 0.587. The van der Waals surface area contributed by atoms with Crippen molar-refractivity contribution in [2.75, 3.05) is 21.3 Å². The molecule has 2 atom stereocenters. The Kier molecular flexibility index (Phi) is 8.59. The van der Waals surface area contributed by atoms with E-state index in [0.717, 1.165) is 0 Å². The summed E-state index contributed by atoms with van der Waals surface area (Å²) in [6.45, 7) is 7.81. The molecule has 6 nitrogen and oxygen atoms in total. The number of hydrogen-bond acceptors (Lipinski definition) is 6. The fourth-order valence-electron chi connectivity index (χ4n) is 2.00. The van der Waals surface area contributed by atoms with Gasteiger partial charge in [0, 0.05) is 14.2 Å². The summed E-state index contributed by atoms with van der Waals surface area (Å²) in [6, 6.07) is -0.536. The predicted octanol–water partition coefficient (Wildman–Crippen LogP) is 2.63. The summed E-state index contributed by atoms with van der Waals surface area (Å²) in [4.78, 5) is 11.9. The molecule has 20 heavy (non-hydrogen) atoms. The molecule has 120 valence electrons. The molecule has 0 rings (SSSR count). The highest BCUT2D eigenvalue weighted by Gasteiger charge is 2.39. The highest BCUT2D eigenvalue weighted by Crippen LogP contribution is 2.53. The van der Waals surface area contributed by atoms with E-state index in [9.17, 15) is 9.36 Å². The molecule has 0 aromatic heterocycles. The van der Waals surface area contributed by atoms with Crippen molar-refractivity contribution in [2.45, 2.75) is 45.9 Å². The minimum Gasteiger partial charge on any atom is -0.468 e. The van der Waals surface area contributed by atoms with Gasteiger partial charge in [-0.05, 0) is 18.3 Å². The smallest absolute Gasteiger partial charge is 0.347 e. The van der Waals surface area contributed by atoms with E-state index in [1.807, 2.05) is 27.7 Å². The average Bonchev–Trinajstić information content (AvgIpc) is 2.40. The number of carbonyl (C=O) groups is 1. The number of rotatable bonds is 9. The monoisotopic (exact) mass is 309 g/mol. The van der Waals surface area contributed by atoms with Crippen LogP contribution in [0.25, 0.3) is 0 Å². The van der Waals surface area contributed by atoms with Crippen LogP contribution in [0.4, 0.5) is 0 Å². The van der Waals surface area contributed by atoms with E-state index in [1.165, 1.54) is 21.3 Å². The van der Waals surface area contributed by atoms with Crippen molar-refractivity contribution in [3.05, 3.63) is 0 Å². The number of carbonyl (C=O) groups excluding carboxylic acids is 1. The molecule has 7 heteroatoms. The SMILES string of the molecule is COC(=O)[C@H](CC(C)C)N[C@H](C(C)C)P(=O)(OC)OC. The van der Waals surface area contributed by atoms with Crippen LogP contribution in [0, 0.1) is 11.8 Å². The lowest BCUT2D eigenvalue weighted by Gasteiger charge is -2.31. The molecule has 0 bridgehead atoms. The predicted molar refractivity (Wildman–Crippen MR) is 78.6 cm³/mol. The minimum atomic E-state index is -3.31. The van der Waals surface area contributed by atoms with Gasteiger partial charge in [0.15, 0.2) is 0 Å². The number of nitrogens with one attached hydrogen (secondary N) is 1. The van der Waals surface area contributed by atoms with Gasteiger partial charge in [0.2, 0.25) is 0 Å². The Bertz CT molecular complexity index is 338. The van der Waals surface area contributed by atoms with Gasteiger partial charge in [-0.2, -0.15) is 0 Å². The van der Waals surface area contributed by atoms with E-state index in [2.05, 4.69) is 5.32 Å². The largest absolute Gasteiger partial charge is 0.468 e. The summed E-state index contributed by atoms with van der Waals surface area (Å²) in [5, 5.41) is 3.09. The van der Waals surface area contributed by atoms with Crippen LogP contribution in [0.15, 0.2) is 0 Å². The fraction of sp³-hybridized carbons (Fsp3) is 0.923. The van der Waals surface area contributed by atoms with Crippen molar-refractivity contribution < 1.29 is 23.1 Å². The molecule has 0 fully saturated rings. The quantitative estimate of drug-likeness (QED) is 0.521. The molecular weight excluding hydrogens is 281 g/mol. The molecule has 0 aromatic rings. The molecule has 0 aliphatic heterocycles. The van der Waals surface area contributed by atoms with E-state index in [1.54, 1.807) is 0 Å². The average molecular weight is 309 g/mol. The van der Waals surface area contributed by atoms with Crippen molar-refractivity contribution in [2.24, 2.45) is 11.8 Å². The van der Waals surface area contributed by atoms with E-state index in [-0.39, 0.29) is 11.9 Å². The van der Waals surface area contributed by atoms with Gasteiger partial charge in [-0.25, -0.2) is 0 Å². The second kappa shape index (κ2) is 8.78. The Morgan fingerprint density at radius 2 is 1.60 bits per heavy atom. The van der Waals surface area contributed by atoms with E-state index in [0.29, 0.717) is 12.3 Å². The van der Waals surface area contributed by atoms with Gasteiger partial charge in [-0.1, -0.05) is 27.7 Å². The summed E-state index contributed by atoms with van der Waals surface area (Å²) in [7, 11) is 0.716. The van der Waals surface area contributed by atoms with Crippen LogP contribution in [0.2, 0.25) is 0 Å². The van der Waals surface area contributed by atoms with Crippen LogP contribution in [0.5, 0.6) is 0 Å². The fourth-order valence-corrected chi connectivity index (χ4v) is 3.70. The van der Waals surface area contributed by atoms with Crippen molar-refractivity contribution in [3.8, 4) is 0 Å². The molecular formula is C13H28NO5P. The molecule has 1 N–H and O–H groups in total. The third-order valence-corrected chi connectivity index (χ3v) is 5.49. The highest BCUT2D eigenvalue weighted by molar-refractivity contribution is 7.54. The molecule has 0 aromatic carbocycles. The number of esters is 1. The number of hydrogen-bond donors (Lipinski definition) is 1.